The molecule has 1 unspecified atom stereocenters. The fourth-order valence-electron chi connectivity index (χ4n) is 2.62. The number of carbonyl (C=O) groups excluding carboxylic acids is 1. The van der Waals surface area contributed by atoms with Crippen molar-refractivity contribution < 1.29 is 14.7 Å². The van der Waals surface area contributed by atoms with Gasteiger partial charge in [-0.2, -0.15) is 0 Å². The lowest BCUT2D eigenvalue weighted by atomic mass is 10.0. The molecule has 0 bridgehead atoms. The number of aryl methyl sites for hydroxylation is 1. The van der Waals surface area contributed by atoms with E-state index < -0.39 is 11.9 Å². The monoisotopic (exact) mass is 313 g/mol. The lowest BCUT2D eigenvalue weighted by Crippen LogP contribution is -2.33. The van der Waals surface area contributed by atoms with E-state index in [9.17, 15) is 9.59 Å². The molecular weight excluding hydrogens is 290 g/mol. The molecule has 0 saturated heterocycles. The van der Waals surface area contributed by atoms with Gasteiger partial charge in [0.15, 0.2) is 0 Å². The minimum absolute atomic E-state index is 0.00103. The van der Waals surface area contributed by atoms with Crippen molar-refractivity contribution in [2.75, 3.05) is 13.6 Å². The number of hydrogen-bond donors (Lipinski definition) is 1. The lowest BCUT2D eigenvalue weighted by Gasteiger charge is -2.19. The van der Waals surface area contributed by atoms with Crippen LogP contribution in [0.1, 0.15) is 25.3 Å². The third kappa shape index (κ3) is 4.81. The van der Waals surface area contributed by atoms with Crippen molar-refractivity contribution in [2.24, 2.45) is 5.92 Å². The fourth-order valence-corrected chi connectivity index (χ4v) is 2.62. The van der Waals surface area contributed by atoms with Gasteiger partial charge in [-0.05, 0) is 29.2 Å². The van der Waals surface area contributed by atoms with Gasteiger partial charge in [0.1, 0.15) is 0 Å². The molecule has 0 aliphatic carbocycles. The van der Waals surface area contributed by atoms with Crippen molar-refractivity contribution >= 4 is 22.6 Å². The highest BCUT2D eigenvalue weighted by Gasteiger charge is 2.16. The van der Waals surface area contributed by atoms with Gasteiger partial charge in [-0.1, -0.05) is 49.4 Å². The molecule has 2 aromatic carbocycles. The van der Waals surface area contributed by atoms with Crippen molar-refractivity contribution in [1.82, 2.24) is 4.90 Å². The molecule has 23 heavy (non-hydrogen) atoms. The number of carboxylic acids is 1. The minimum atomic E-state index is -0.874. The van der Waals surface area contributed by atoms with Crippen LogP contribution in [0.2, 0.25) is 0 Å². The van der Waals surface area contributed by atoms with Crippen molar-refractivity contribution in [2.45, 2.75) is 26.2 Å². The van der Waals surface area contributed by atoms with Gasteiger partial charge in [-0.15, -0.1) is 0 Å². The molecule has 1 amide bonds. The summed E-state index contributed by atoms with van der Waals surface area (Å²) in [5.74, 6) is -1.41. The highest BCUT2D eigenvalue weighted by atomic mass is 16.4. The first-order chi connectivity index (χ1) is 11.0. The standard InChI is InChI=1S/C19H23NO3/c1-14(19(22)23)13-20(2)18(21)9-5-6-15-10-11-16-7-3-4-8-17(16)12-15/h3-4,7-8,10-12,14H,5-6,9,13H2,1-2H3,(H,22,23). The second-order valence-electron chi connectivity index (χ2n) is 6.05. The van der Waals surface area contributed by atoms with E-state index >= 15 is 0 Å². The highest BCUT2D eigenvalue weighted by molar-refractivity contribution is 5.83. The first kappa shape index (κ1) is 17.0. The normalized spacial score (nSPS) is 12.1. The smallest absolute Gasteiger partial charge is 0.308 e. The number of aliphatic carboxylic acids is 1. The van der Waals surface area contributed by atoms with Crippen molar-refractivity contribution in [3.8, 4) is 0 Å². The van der Waals surface area contributed by atoms with Gasteiger partial charge in [0.25, 0.3) is 0 Å². The minimum Gasteiger partial charge on any atom is -0.481 e. The average Bonchev–Trinajstić information content (AvgIpc) is 2.54. The second kappa shape index (κ2) is 7.77. The number of carbonyl (C=O) groups is 2. The maximum Gasteiger partial charge on any atom is 0.308 e. The predicted octanol–water partition coefficient (Wildman–Crippen LogP) is 3.34. The Bertz CT molecular complexity index is 696. The molecule has 1 N–H and O–H groups in total. The molecule has 1 atom stereocenters. The second-order valence-corrected chi connectivity index (χ2v) is 6.05. The Morgan fingerprint density at radius 1 is 1.13 bits per heavy atom. The number of fused-ring (bicyclic) bond motifs is 1. The van der Waals surface area contributed by atoms with Gasteiger partial charge in [0, 0.05) is 20.0 Å². The number of rotatable bonds is 7. The van der Waals surface area contributed by atoms with E-state index in [4.69, 9.17) is 5.11 Å². The van der Waals surface area contributed by atoms with Crippen LogP contribution in [0, 0.1) is 5.92 Å². The Balaban J connectivity index is 1.83. The first-order valence-corrected chi connectivity index (χ1v) is 7.92. The Labute approximate surface area is 136 Å². The summed E-state index contributed by atoms with van der Waals surface area (Å²) in [4.78, 5) is 24.4. The van der Waals surface area contributed by atoms with E-state index in [-0.39, 0.29) is 12.5 Å². The number of benzene rings is 2. The molecule has 0 fully saturated rings. The summed E-state index contributed by atoms with van der Waals surface area (Å²) in [7, 11) is 1.66. The number of amides is 1. The summed E-state index contributed by atoms with van der Waals surface area (Å²) in [5.41, 5.74) is 1.22. The quantitative estimate of drug-likeness (QED) is 0.853. The van der Waals surface area contributed by atoms with Gasteiger partial charge in [0.05, 0.1) is 5.92 Å². The van der Waals surface area contributed by atoms with E-state index in [2.05, 4.69) is 30.3 Å². The van der Waals surface area contributed by atoms with Crippen LogP contribution in [-0.2, 0) is 16.0 Å². The van der Waals surface area contributed by atoms with Crippen LogP contribution in [0.15, 0.2) is 42.5 Å². The van der Waals surface area contributed by atoms with Crippen molar-refractivity contribution in [3.63, 3.8) is 0 Å². The summed E-state index contributed by atoms with van der Waals surface area (Å²) < 4.78 is 0. The maximum absolute atomic E-state index is 12.0. The number of hydrogen-bond acceptors (Lipinski definition) is 2. The van der Waals surface area contributed by atoms with E-state index in [0.29, 0.717) is 6.42 Å². The topological polar surface area (TPSA) is 57.6 Å². The van der Waals surface area contributed by atoms with Crippen molar-refractivity contribution in [3.05, 3.63) is 48.0 Å². The summed E-state index contributed by atoms with van der Waals surface area (Å²) in [6, 6.07) is 14.6. The van der Waals surface area contributed by atoms with Gasteiger partial charge in [0.2, 0.25) is 5.91 Å². The summed E-state index contributed by atoms with van der Waals surface area (Å²) in [6.07, 6.45) is 2.05. The van der Waals surface area contributed by atoms with Gasteiger partial charge >= 0.3 is 5.97 Å². The van der Waals surface area contributed by atoms with E-state index in [0.717, 1.165) is 12.8 Å². The molecule has 122 valence electrons. The molecule has 0 heterocycles. The third-order valence-electron chi connectivity index (χ3n) is 4.07. The average molecular weight is 313 g/mol. The lowest BCUT2D eigenvalue weighted by molar-refractivity contribution is -0.142. The van der Waals surface area contributed by atoms with Crippen LogP contribution in [0.25, 0.3) is 10.8 Å². The zero-order valence-corrected chi connectivity index (χ0v) is 13.7. The van der Waals surface area contributed by atoms with E-state index in [1.807, 2.05) is 12.1 Å². The SMILES string of the molecule is CC(CN(C)C(=O)CCCc1ccc2ccccc2c1)C(=O)O. The number of nitrogens with zero attached hydrogens (tertiary/aromatic N) is 1. The van der Waals surface area contributed by atoms with Crippen LogP contribution in [0.5, 0.6) is 0 Å². The zero-order valence-electron chi connectivity index (χ0n) is 13.7. The molecule has 0 saturated carbocycles. The molecule has 4 heteroatoms. The van der Waals surface area contributed by atoms with Gasteiger partial charge in [-0.3, -0.25) is 9.59 Å². The summed E-state index contributed by atoms with van der Waals surface area (Å²) >= 11 is 0. The molecule has 0 aromatic heterocycles. The first-order valence-electron chi connectivity index (χ1n) is 7.92. The largest absolute Gasteiger partial charge is 0.481 e. The predicted molar refractivity (Wildman–Crippen MR) is 91.3 cm³/mol. The van der Waals surface area contributed by atoms with Crippen LogP contribution in [0.3, 0.4) is 0 Å². The molecule has 2 aromatic rings. The Morgan fingerprint density at radius 2 is 1.83 bits per heavy atom. The summed E-state index contributed by atoms with van der Waals surface area (Å²) in [5, 5.41) is 11.3. The van der Waals surface area contributed by atoms with Gasteiger partial charge < -0.3 is 10.0 Å². The molecule has 2 rings (SSSR count). The summed E-state index contributed by atoms with van der Waals surface area (Å²) in [6.45, 7) is 1.87. The number of carboxylic acid groups (broad SMARTS) is 1. The Morgan fingerprint density at radius 3 is 2.52 bits per heavy atom. The van der Waals surface area contributed by atoms with Gasteiger partial charge in [-0.25, -0.2) is 0 Å². The molecule has 0 radical (unpaired) electrons. The molecule has 0 spiro atoms. The third-order valence-corrected chi connectivity index (χ3v) is 4.07. The Kier molecular flexibility index (Phi) is 5.74. The molecule has 4 nitrogen and oxygen atoms in total. The highest BCUT2D eigenvalue weighted by Crippen LogP contribution is 2.17. The van der Waals surface area contributed by atoms with Crippen LogP contribution in [0.4, 0.5) is 0 Å². The van der Waals surface area contributed by atoms with Crippen molar-refractivity contribution in [1.29, 1.82) is 0 Å². The van der Waals surface area contributed by atoms with E-state index in [1.54, 1.807) is 14.0 Å². The molecule has 0 aliphatic heterocycles. The van der Waals surface area contributed by atoms with E-state index in [1.165, 1.54) is 21.2 Å². The maximum atomic E-state index is 12.0. The fraction of sp³-hybridized carbons (Fsp3) is 0.368. The molecular formula is C19H23NO3. The van der Waals surface area contributed by atoms with Crippen LogP contribution < -0.4 is 0 Å². The zero-order chi connectivity index (χ0) is 16.8. The Hall–Kier alpha value is -2.36. The molecule has 0 aliphatic rings. The van der Waals surface area contributed by atoms with Crippen LogP contribution >= 0.6 is 0 Å². The van der Waals surface area contributed by atoms with Crippen LogP contribution in [-0.4, -0.2) is 35.5 Å².